The van der Waals surface area contributed by atoms with Crippen molar-refractivity contribution in [2.24, 2.45) is 11.1 Å². The van der Waals surface area contributed by atoms with Gasteiger partial charge in [0.1, 0.15) is 0 Å². The first-order valence-electron chi connectivity index (χ1n) is 6.50. The van der Waals surface area contributed by atoms with Crippen molar-refractivity contribution in [2.75, 3.05) is 11.9 Å². The molecule has 18 heavy (non-hydrogen) atoms. The van der Waals surface area contributed by atoms with Crippen LogP contribution in [0.1, 0.15) is 39.2 Å². The maximum absolute atomic E-state index is 12.2. The summed E-state index contributed by atoms with van der Waals surface area (Å²) in [6.45, 7) is 6.88. The van der Waals surface area contributed by atoms with E-state index in [-0.39, 0.29) is 16.7 Å². The molecular formula is C15H22N2O. The Balaban J connectivity index is 2.22. The van der Waals surface area contributed by atoms with E-state index in [1.165, 1.54) is 0 Å². The van der Waals surface area contributed by atoms with Crippen molar-refractivity contribution in [1.29, 1.82) is 0 Å². The fraction of sp³-hybridized carbons (Fsp3) is 0.533. The number of carbonyl (C=O) groups is 1. The first-order chi connectivity index (χ1) is 8.39. The van der Waals surface area contributed by atoms with Crippen LogP contribution < -0.4 is 11.1 Å². The lowest BCUT2D eigenvalue weighted by atomic mass is 9.85. The molecule has 3 N–H and O–H groups in total. The highest BCUT2D eigenvalue weighted by atomic mass is 16.2. The smallest absolute Gasteiger partial charge is 0.231 e. The largest absolute Gasteiger partial charge is 0.329 e. The van der Waals surface area contributed by atoms with Crippen LogP contribution in [-0.4, -0.2) is 12.5 Å². The molecule has 0 aromatic heterocycles. The zero-order chi connectivity index (χ0) is 13.4. The number of rotatable bonds is 3. The van der Waals surface area contributed by atoms with Crippen molar-refractivity contribution in [3.05, 3.63) is 29.8 Å². The van der Waals surface area contributed by atoms with Crippen LogP contribution in [0.4, 0.5) is 5.69 Å². The Morgan fingerprint density at radius 1 is 1.33 bits per heavy atom. The van der Waals surface area contributed by atoms with Crippen molar-refractivity contribution in [3.8, 4) is 0 Å². The minimum absolute atomic E-state index is 0.0172. The minimum atomic E-state index is -0.301. The molecule has 0 spiro atoms. The van der Waals surface area contributed by atoms with E-state index in [0.29, 0.717) is 6.54 Å². The number of nitrogens with two attached hydrogens (primary N) is 1. The van der Waals surface area contributed by atoms with Crippen LogP contribution in [-0.2, 0) is 10.2 Å². The average Bonchev–Trinajstić information content (AvgIpc) is 3.09. The monoisotopic (exact) mass is 246 g/mol. The van der Waals surface area contributed by atoms with E-state index in [9.17, 15) is 4.79 Å². The van der Waals surface area contributed by atoms with Crippen LogP contribution in [0.3, 0.4) is 0 Å². The molecule has 0 aliphatic heterocycles. The standard InChI is InChI=1S/C15H22N2O/c1-14(2,3)11-6-4-5-7-12(11)17-13(18)15(10-16)8-9-15/h4-7H,8-10,16H2,1-3H3,(H,17,18). The van der Waals surface area contributed by atoms with Crippen LogP contribution in [0.15, 0.2) is 24.3 Å². The summed E-state index contributed by atoms with van der Waals surface area (Å²) >= 11 is 0. The molecule has 1 aromatic rings. The van der Waals surface area contributed by atoms with Crippen LogP contribution in [0.2, 0.25) is 0 Å². The van der Waals surface area contributed by atoms with Crippen molar-refractivity contribution in [1.82, 2.24) is 0 Å². The highest BCUT2D eigenvalue weighted by molar-refractivity contribution is 5.98. The molecule has 1 aliphatic rings. The van der Waals surface area contributed by atoms with E-state index in [4.69, 9.17) is 5.73 Å². The second-order valence-corrected chi connectivity index (χ2v) is 6.23. The van der Waals surface area contributed by atoms with E-state index >= 15 is 0 Å². The predicted molar refractivity (Wildman–Crippen MR) is 74.5 cm³/mol. The van der Waals surface area contributed by atoms with Crippen molar-refractivity contribution < 1.29 is 4.79 Å². The minimum Gasteiger partial charge on any atom is -0.329 e. The van der Waals surface area contributed by atoms with Crippen LogP contribution in [0.5, 0.6) is 0 Å². The number of amides is 1. The van der Waals surface area contributed by atoms with E-state index in [1.807, 2.05) is 18.2 Å². The van der Waals surface area contributed by atoms with Gasteiger partial charge in [-0.05, 0) is 29.9 Å². The van der Waals surface area contributed by atoms with Gasteiger partial charge in [0, 0.05) is 12.2 Å². The normalized spacial score (nSPS) is 17.3. The molecule has 1 amide bonds. The van der Waals surface area contributed by atoms with Crippen molar-refractivity contribution >= 4 is 11.6 Å². The zero-order valence-corrected chi connectivity index (χ0v) is 11.4. The van der Waals surface area contributed by atoms with E-state index in [2.05, 4.69) is 32.2 Å². The number of anilines is 1. The Labute approximate surface area is 109 Å². The molecule has 0 bridgehead atoms. The Bertz CT molecular complexity index is 456. The number of para-hydroxylation sites is 1. The van der Waals surface area contributed by atoms with Crippen LogP contribution >= 0.6 is 0 Å². The fourth-order valence-corrected chi connectivity index (χ4v) is 2.18. The topological polar surface area (TPSA) is 55.1 Å². The molecule has 0 radical (unpaired) electrons. The highest BCUT2D eigenvalue weighted by Crippen LogP contribution is 2.45. The Hall–Kier alpha value is -1.35. The van der Waals surface area contributed by atoms with Crippen molar-refractivity contribution in [3.63, 3.8) is 0 Å². The lowest BCUT2D eigenvalue weighted by Gasteiger charge is -2.24. The van der Waals surface area contributed by atoms with Gasteiger partial charge in [0.15, 0.2) is 0 Å². The number of hydrogen-bond donors (Lipinski definition) is 2. The summed E-state index contributed by atoms with van der Waals surface area (Å²) in [7, 11) is 0. The maximum atomic E-state index is 12.2. The van der Waals surface area contributed by atoms with E-state index < -0.39 is 0 Å². The molecule has 3 nitrogen and oxygen atoms in total. The summed E-state index contributed by atoms with van der Waals surface area (Å²) in [5.74, 6) is 0.0710. The predicted octanol–water partition coefficient (Wildman–Crippen LogP) is 2.66. The lowest BCUT2D eigenvalue weighted by Crippen LogP contribution is -2.31. The lowest BCUT2D eigenvalue weighted by molar-refractivity contribution is -0.120. The fourth-order valence-electron chi connectivity index (χ4n) is 2.18. The van der Waals surface area contributed by atoms with Crippen LogP contribution in [0, 0.1) is 5.41 Å². The molecule has 1 saturated carbocycles. The van der Waals surface area contributed by atoms with E-state index in [1.54, 1.807) is 0 Å². The van der Waals surface area contributed by atoms with E-state index in [0.717, 1.165) is 24.1 Å². The Kier molecular flexibility index (Phi) is 3.20. The number of hydrogen-bond acceptors (Lipinski definition) is 2. The summed E-state index contributed by atoms with van der Waals surface area (Å²) in [5, 5.41) is 3.05. The average molecular weight is 246 g/mol. The summed E-state index contributed by atoms with van der Waals surface area (Å²) in [6.07, 6.45) is 1.82. The molecular weight excluding hydrogens is 224 g/mol. The molecule has 3 heteroatoms. The van der Waals surface area contributed by atoms with Gasteiger partial charge in [0.05, 0.1) is 5.41 Å². The number of carbonyl (C=O) groups excluding carboxylic acids is 1. The van der Waals surface area contributed by atoms with Gasteiger partial charge in [-0.1, -0.05) is 39.0 Å². The first kappa shape index (κ1) is 13.1. The third kappa shape index (κ3) is 2.41. The summed E-state index contributed by atoms with van der Waals surface area (Å²) < 4.78 is 0. The van der Waals surface area contributed by atoms with Crippen LogP contribution in [0.25, 0.3) is 0 Å². The molecule has 0 atom stereocenters. The maximum Gasteiger partial charge on any atom is 0.231 e. The summed E-state index contributed by atoms with van der Waals surface area (Å²) in [5.41, 5.74) is 7.47. The van der Waals surface area contributed by atoms with Gasteiger partial charge in [0.2, 0.25) is 5.91 Å². The quantitative estimate of drug-likeness (QED) is 0.861. The van der Waals surface area contributed by atoms with Gasteiger partial charge in [-0.15, -0.1) is 0 Å². The number of nitrogens with one attached hydrogen (secondary N) is 1. The zero-order valence-electron chi connectivity index (χ0n) is 11.4. The summed E-state index contributed by atoms with van der Waals surface area (Å²) in [6, 6.07) is 7.99. The molecule has 1 aliphatic carbocycles. The van der Waals surface area contributed by atoms with Gasteiger partial charge < -0.3 is 11.1 Å². The first-order valence-corrected chi connectivity index (χ1v) is 6.50. The Morgan fingerprint density at radius 2 is 1.94 bits per heavy atom. The SMILES string of the molecule is CC(C)(C)c1ccccc1NC(=O)C1(CN)CC1. The molecule has 1 fully saturated rings. The number of benzene rings is 1. The van der Waals surface area contributed by atoms with Gasteiger partial charge in [-0.25, -0.2) is 0 Å². The Morgan fingerprint density at radius 3 is 2.44 bits per heavy atom. The van der Waals surface area contributed by atoms with Gasteiger partial charge in [-0.2, -0.15) is 0 Å². The second kappa shape index (κ2) is 4.39. The molecule has 2 rings (SSSR count). The molecule has 98 valence electrons. The summed E-state index contributed by atoms with van der Waals surface area (Å²) in [4.78, 5) is 12.2. The van der Waals surface area contributed by atoms with Crippen molar-refractivity contribution in [2.45, 2.75) is 39.0 Å². The third-order valence-electron chi connectivity index (χ3n) is 3.71. The molecule has 0 heterocycles. The third-order valence-corrected chi connectivity index (χ3v) is 3.71. The van der Waals surface area contributed by atoms with Gasteiger partial charge in [-0.3, -0.25) is 4.79 Å². The highest BCUT2D eigenvalue weighted by Gasteiger charge is 2.48. The molecule has 0 saturated heterocycles. The van der Waals surface area contributed by atoms with Gasteiger partial charge >= 0.3 is 0 Å². The molecule has 0 unspecified atom stereocenters. The van der Waals surface area contributed by atoms with Gasteiger partial charge in [0.25, 0.3) is 0 Å². The molecule has 1 aromatic carbocycles. The second-order valence-electron chi connectivity index (χ2n) is 6.23.